The molecule has 1 aliphatic rings. The Balaban J connectivity index is 2.40. The van der Waals surface area contributed by atoms with Crippen LogP contribution in [0.2, 0.25) is 0 Å². The molecular weight excluding hydrogens is 202 g/mol. The fraction of sp³-hybridized carbons (Fsp3) is 0.538. The van der Waals surface area contributed by atoms with Crippen molar-refractivity contribution in [1.82, 2.24) is 0 Å². The first-order valence-corrected chi connectivity index (χ1v) is 5.65. The SMILES string of the molecule is COc1ccc(C)cc1C1(CCN)COC1. The van der Waals surface area contributed by atoms with Gasteiger partial charge in [0.25, 0.3) is 0 Å². The van der Waals surface area contributed by atoms with Gasteiger partial charge in [0.2, 0.25) is 0 Å². The summed E-state index contributed by atoms with van der Waals surface area (Å²) in [5.74, 6) is 0.947. The molecule has 0 radical (unpaired) electrons. The largest absolute Gasteiger partial charge is 0.496 e. The molecule has 1 aliphatic heterocycles. The molecule has 2 rings (SSSR count). The molecule has 88 valence electrons. The third kappa shape index (κ3) is 1.81. The van der Waals surface area contributed by atoms with E-state index in [-0.39, 0.29) is 5.41 Å². The van der Waals surface area contributed by atoms with Gasteiger partial charge < -0.3 is 15.2 Å². The molecule has 0 unspecified atom stereocenters. The summed E-state index contributed by atoms with van der Waals surface area (Å²) in [6, 6.07) is 6.29. The van der Waals surface area contributed by atoms with Gasteiger partial charge in [0.05, 0.1) is 20.3 Å². The van der Waals surface area contributed by atoms with Gasteiger partial charge in [-0.2, -0.15) is 0 Å². The van der Waals surface area contributed by atoms with Crippen molar-refractivity contribution in [3.8, 4) is 5.75 Å². The summed E-state index contributed by atoms with van der Waals surface area (Å²) in [7, 11) is 1.71. The lowest BCUT2D eigenvalue weighted by molar-refractivity contribution is -0.0640. The second-order valence-corrected chi connectivity index (χ2v) is 4.52. The predicted octanol–water partition coefficient (Wildman–Crippen LogP) is 1.62. The molecule has 1 aromatic carbocycles. The Morgan fingerprint density at radius 3 is 2.69 bits per heavy atom. The van der Waals surface area contributed by atoms with Crippen LogP contribution < -0.4 is 10.5 Å². The second kappa shape index (κ2) is 4.44. The van der Waals surface area contributed by atoms with Crippen LogP contribution in [0.3, 0.4) is 0 Å². The summed E-state index contributed by atoms with van der Waals surface area (Å²) >= 11 is 0. The first-order valence-electron chi connectivity index (χ1n) is 5.65. The fourth-order valence-electron chi connectivity index (χ4n) is 2.30. The lowest BCUT2D eigenvalue weighted by Crippen LogP contribution is -2.48. The Morgan fingerprint density at radius 2 is 2.19 bits per heavy atom. The van der Waals surface area contributed by atoms with Crippen LogP contribution in [0, 0.1) is 6.92 Å². The van der Waals surface area contributed by atoms with Gasteiger partial charge in [-0.25, -0.2) is 0 Å². The lowest BCUT2D eigenvalue weighted by atomic mass is 9.75. The first-order chi connectivity index (χ1) is 7.72. The molecule has 1 saturated heterocycles. The van der Waals surface area contributed by atoms with Crippen LogP contribution in [-0.2, 0) is 10.2 Å². The number of methoxy groups -OCH3 is 1. The molecule has 3 heteroatoms. The molecule has 16 heavy (non-hydrogen) atoms. The Labute approximate surface area is 96.5 Å². The minimum absolute atomic E-state index is 0.0755. The zero-order valence-electron chi connectivity index (χ0n) is 9.95. The summed E-state index contributed by atoms with van der Waals surface area (Å²) in [6.07, 6.45) is 0.951. The molecule has 2 N–H and O–H groups in total. The number of rotatable bonds is 4. The monoisotopic (exact) mass is 221 g/mol. The predicted molar refractivity (Wildman–Crippen MR) is 63.9 cm³/mol. The van der Waals surface area contributed by atoms with E-state index >= 15 is 0 Å². The van der Waals surface area contributed by atoms with E-state index in [9.17, 15) is 0 Å². The number of hydrogen-bond donors (Lipinski definition) is 1. The summed E-state index contributed by atoms with van der Waals surface area (Å²) in [4.78, 5) is 0. The third-order valence-electron chi connectivity index (χ3n) is 3.31. The Hall–Kier alpha value is -1.06. The standard InChI is InChI=1S/C13H19NO2/c1-10-3-4-12(15-2)11(7-10)13(5-6-14)8-16-9-13/h3-4,7H,5-6,8-9,14H2,1-2H3. The third-order valence-corrected chi connectivity index (χ3v) is 3.31. The van der Waals surface area contributed by atoms with Crippen molar-refractivity contribution in [3.05, 3.63) is 29.3 Å². The second-order valence-electron chi connectivity index (χ2n) is 4.52. The van der Waals surface area contributed by atoms with Crippen molar-refractivity contribution in [3.63, 3.8) is 0 Å². The molecule has 1 heterocycles. The van der Waals surface area contributed by atoms with Gasteiger partial charge in [0.15, 0.2) is 0 Å². The van der Waals surface area contributed by atoms with E-state index in [4.69, 9.17) is 15.2 Å². The fourth-order valence-corrected chi connectivity index (χ4v) is 2.30. The Morgan fingerprint density at radius 1 is 1.44 bits per heavy atom. The minimum Gasteiger partial charge on any atom is -0.496 e. The number of ether oxygens (including phenoxy) is 2. The van der Waals surface area contributed by atoms with E-state index < -0.39 is 0 Å². The van der Waals surface area contributed by atoms with Crippen LogP contribution >= 0.6 is 0 Å². The van der Waals surface area contributed by atoms with Crippen LogP contribution in [0.5, 0.6) is 5.75 Å². The number of benzene rings is 1. The van der Waals surface area contributed by atoms with E-state index in [0.29, 0.717) is 6.54 Å². The van der Waals surface area contributed by atoms with Crippen LogP contribution in [0.4, 0.5) is 0 Å². The smallest absolute Gasteiger partial charge is 0.122 e. The van der Waals surface area contributed by atoms with Gasteiger partial charge in [-0.3, -0.25) is 0 Å². The molecular formula is C13H19NO2. The maximum Gasteiger partial charge on any atom is 0.122 e. The molecule has 0 amide bonds. The summed E-state index contributed by atoms with van der Waals surface area (Å²) in [6.45, 7) is 4.28. The van der Waals surface area contributed by atoms with Crippen molar-refractivity contribution in [1.29, 1.82) is 0 Å². The average molecular weight is 221 g/mol. The van der Waals surface area contributed by atoms with E-state index in [1.165, 1.54) is 11.1 Å². The average Bonchev–Trinajstić information content (AvgIpc) is 2.23. The summed E-state index contributed by atoms with van der Waals surface area (Å²) in [5.41, 5.74) is 8.26. The van der Waals surface area contributed by atoms with Crippen molar-refractivity contribution in [2.75, 3.05) is 26.9 Å². The van der Waals surface area contributed by atoms with Gasteiger partial charge in [-0.15, -0.1) is 0 Å². The summed E-state index contributed by atoms with van der Waals surface area (Å²) in [5, 5.41) is 0. The van der Waals surface area contributed by atoms with Gasteiger partial charge in [0, 0.05) is 11.0 Å². The van der Waals surface area contributed by atoms with Gasteiger partial charge in [0.1, 0.15) is 5.75 Å². The van der Waals surface area contributed by atoms with E-state index in [0.717, 1.165) is 25.4 Å². The lowest BCUT2D eigenvalue weighted by Gasteiger charge is -2.42. The van der Waals surface area contributed by atoms with Crippen LogP contribution in [-0.4, -0.2) is 26.9 Å². The first kappa shape index (κ1) is 11.4. The molecule has 0 bridgehead atoms. The zero-order valence-corrected chi connectivity index (χ0v) is 9.95. The molecule has 1 fully saturated rings. The van der Waals surface area contributed by atoms with Crippen molar-refractivity contribution >= 4 is 0 Å². The number of aryl methyl sites for hydroxylation is 1. The molecule has 0 spiro atoms. The molecule has 1 aromatic rings. The van der Waals surface area contributed by atoms with Crippen LogP contribution in [0.1, 0.15) is 17.5 Å². The van der Waals surface area contributed by atoms with E-state index in [1.807, 2.05) is 6.07 Å². The maximum absolute atomic E-state index is 5.69. The number of hydrogen-bond acceptors (Lipinski definition) is 3. The normalized spacial score (nSPS) is 17.9. The highest BCUT2D eigenvalue weighted by Gasteiger charge is 2.41. The Kier molecular flexibility index (Phi) is 3.17. The van der Waals surface area contributed by atoms with Crippen molar-refractivity contribution < 1.29 is 9.47 Å². The highest BCUT2D eigenvalue weighted by Crippen LogP contribution is 2.40. The topological polar surface area (TPSA) is 44.5 Å². The van der Waals surface area contributed by atoms with Gasteiger partial charge in [-0.1, -0.05) is 17.7 Å². The highest BCUT2D eigenvalue weighted by molar-refractivity contribution is 5.43. The van der Waals surface area contributed by atoms with E-state index in [2.05, 4.69) is 19.1 Å². The zero-order chi connectivity index (χ0) is 11.6. The molecule has 3 nitrogen and oxygen atoms in total. The van der Waals surface area contributed by atoms with Gasteiger partial charge >= 0.3 is 0 Å². The molecule has 0 atom stereocenters. The summed E-state index contributed by atoms with van der Waals surface area (Å²) < 4.78 is 10.8. The number of nitrogens with two attached hydrogens (primary N) is 1. The molecule has 0 saturated carbocycles. The maximum atomic E-state index is 5.69. The molecule has 0 aliphatic carbocycles. The van der Waals surface area contributed by atoms with E-state index in [1.54, 1.807) is 7.11 Å². The Bertz CT molecular complexity index is 372. The van der Waals surface area contributed by atoms with Crippen LogP contribution in [0.15, 0.2) is 18.2 Å². The highest BCUT2D eigenvalue weighted by atomic mass is 16.5. The van der Waals surface area contributed by atoms with Crippen molar-refractivity contribution in [2.45, 2.75) is 18.8 Å². The van der Waals surface area contributed by atoms with Crippen LogP contribution in [0.25, 0.3) is 0 Å². The van der Waals surface area contributed by atoms with Crippen molar-refractivity contribution in [2.24, 2.45) is 5.73 Å². The molecule has 0 aromatic heterocycles. The van der Waals surface area contributed by atoms with Gasteiger partial charge in [-0.05, 0) is 26.0 Å². The quantitative estimate of drug-likeness (QED) is 0.840. The minimum atomic E-state index is 0.0755.